The smallest absolute Gasteiger partial charge is 0.303 e. The van der Waals surface area contributed by atoms with Crippen LogP contribution in [0.2, 0.25) is 0 Å². The highest BCUT2D eigenvalue weighted by Crippen LogP contribution is 2.42. The molecule has 4 atom stereocenters. The summed E-state index contributed by atoms with van der Waals surface area (Å²) in [6.07, 6.45) is 5.52. The van der Waals surface area contributed by atoms with Gasteiger partial charge in [0.05, 0.1) is 25.2 Å². The van der Waals surface area contributed by atoms with Gasteiger partial charge in [0.25, 0.3) is 0 Å². The maximum atomic E-state index is 12.0. The van der Waals surface area contributed by atoms with E-state index in [2.05, 4.69) is 53.5 Å². The zero-order valence-electron chi connectivity index (χ0n) is 26.2. The van der Waals surface area contributed by atoms with Crippen molar-refractivity contribution in [2.24, 2.45) is 5.92 Å². The Morgan fingerprint density at radius 1 is 0.822 bits per heavy atom. The van der Waals surface area contributed by atoms with Crippen molar-refractivity contribution in [2.45, 2.75) is 83.5 Å². The highest BCUT2D eigenvalue weighted by molar-refractivity contribution is 5.80. The standard InChI is InChI=1S/C37H46N2O6/c1-26-33(24-39-20-5-3-2-4-6-21-39)44-37(45-36(26)30-12-10-27(25-40)11-13-30)31-16-14-29(15-17-31)32-9-7-8-28(22-32)23-38-34(41)18-19-35(42)43/h7-17,22,26,33,36-37,40H,2-6,18-21,23-25H2,1H3,(H,38,41)(H,42,43)/t26-,33+,36+,37+/m1/s1. The number of carboxylic acid groups (broad SMARTS) is 1. The molecule has 1 amide bonds. The molecule has 8 nitrogen and oxygen atoms in total. The van der Waals surface area contributed by atoms with Crippen LogP contribution in [-0.4, -0.2) is 52.7 Å². The molecule has 0 aromatic heterocycles. The second-order valence-electron chi connectivity index (χ2n) is 12.4. The van der Waals surface area contributed by atoms with Gasteiger partial charge in [-0.25, -0.2) is 0 Å². The number of likely N-dealkylation sites (tertiary alicyclic amines) is 1. The first-order valence-electron chi connectivity index (χ1n) is 16.3. The van der Waals surface area contributed by atoms with E-state index in [0.717, 1.165) is 53.0 Å². The summed E-state index contributed by atoms with van der Waals surface area (Å²) in [4.78, 5) is 25.3. The maximum absolute atomic E-state index is 12.0. The Balaban J connectivity index is 1.31. The number of carbonyl (C=O) groups is 2. The van der Waals surface area contributed by atoms with E-state index in [9.17, 15) is 14.7 Å². The predicted octanol–water partition coefficient (Wildman–Crippen LogP) is 6.38. The molecule has 2 saturated heterocycles. The minimum Gasteiger partial charge on any atom is -0.481 e. The van der Waals surface area contributed by atoms with Crippen LogP contribution in [-0.2, 0) is 32.2 Å². The molecular formula is C37H46N2O6. The molecule has 3 aromatic rings. The van der Waals surface area contributed by atoms with E-state index in [1.165, 1.54) is 32.1 Å². The minimum atomic E-state index is -0.982. The minimum absolute atomic E-state index is 0.00719. The zero-order chi connectivity index (χ0) is 31.6. The molecule has 5 rings (SSSR count). The normalized spacial score (nSPS) is 22.7. The Morgan fingerprint density at radius 3 is 2.20 bits per heavy atom. The summed E-state index contributed by atoms with van der Waals surface area (Å²) in [7, 11) is 0. The summed E-state index contributed by atoms with van der Waals surface area (Å²) in [5, 5.41) is 21.2. The lowest BCUT2D eigenvalue weighted by Crippen LogP contribution is -2.45. The van der Waals surface area contributed by atoms with Crippen molar-refractivity contribution in [1.82, 2.24) is 10.2 Å². The van der Waals surface area contributed by atoms with Gasteiger partial charge in [0.15, 0.2) is 6.29 Å². The average Bonchev–Trinajstić information content (AvgIpc) is 3.05. The highest BCUT2D eigenvalue weighted by atomic mass is 16.7. The third-order valence-corrected chi connectivity index (χ3v) is 9.01. The monoisotopic (exact) mass is 614 g/mol. The summed E-state index contributed by atoms with van der Waals surface area (Å²) in [5.74, 6) is -1.11. The van der Waals surface area contributed by atoms with Gasteiger partial charge in [-0.2, -0.15) is 0 Å². The Bertz CT molecular complexity index is 1380. The van der Waals surface area contributed by atoms with Gasteiger partial charge in [-0.05, 0) is 59.8 Å². The molecule has 0 bridgehead atoms. The van der Waals surface area contributed by atoms with E-state index in [4.69, 9.17) is 14.6 Å². The summed E-state index contributed by atoms with van der Waals surface area (Å²) < 4.78 is 13.4. The number of ether oxygens (including phenoxy) is 2. The Labute approximate surface area is 266 Å². The number of aliphatic carboxylic acids is 1. The van der Waals surface area contributed by atoms with Gasteiger partial charge < -0.3 is 29.9 Å². The molecule has 2 fully saturated rings. The van der Waals surface area contributed by atoms with Gasteiger partial charge in [-0.15, -0.1) is 0 Å². The number of hydrogen-bond acceptors (Lipinski definition) is 6. The molecular weight excluding hydrogens is 568 g/mol. The molecule has 3 aromatic carbocycles. The van der Waals surface area contributed by atoms with Crippen LogP contribution in [0, 0.1) is 5.92 Å². The Hall–Kier alpha value is -3.56. The predicted molar refractivity (Wildman–Crippen MR) is 173 cm³/mol. The van der Waals surface area contributed by atoms with Gasteiger partial charge in [0.2, 0.25) is 5.91 Å². The Kier molecular flexibility index (Phi) is 11.8. The van der Waals surface area contributed by atoms with Crippen molar-refractivity contribution in [3.8, 4) is 11.1 Å². The quantitative estimate of drug-likeness (QED) is 0.230. The van der Waals surface area contributed by atoms with Crippen molar-refractivity contribution < 1.29 is 29.3 Å². The number of carboxylic acids is 1. The SMILES string of the molecule is C[C@@H]1[C@H](CN2CCCCCCC2)O[C@H](c2ccc(-c3cccc(CNC(=O)CCC(=O)O)c3)cc2)O[C@@H]1c1ccc(CO)cc1. The van der Waals surface area contributed by atoms with Crippen LogP contribution in [0.1, 0.15) is 86.5 Å². The number of nitrogens with zero attached hydrogens (tertiary/aromatic N) is 1. The summed E-state index contributed by atoms with van der Waals surface area (Å²) >= 11 is 0. The second-order valence-corrected chi connectivity index (χ2v) is 12.4. The molecule has 2 aliphatic rings. The van der Waals surface area contributed by atoms with Crippen LogP contribution >= 0.6 is 0 Å². The van der Waals surface area contributed by atoms with Crippen LogP contribution in [0.15, 0.2) is 72.8 Å². The molecule has 0 saturated carbocycles. The first kappa shape index (κ1) is 32.8. The van der Waals surface area contributed by atoms with Crippen LogP contribution in [0.3, 0.4) is 0 Å². The topological polar surface area (TPSA) is 108 Å². The summed E-state index contributed by atoms with van der Waals surface area (Å²) in [6.45, 7) is 5.67. The number of aliphatic hydroxyl groups is 1. The largest absolute Gasteiger partial charge is 0.481 e. The number of carbonyl (C=O) groups excluding carboxylic acids is 1. The fourth-order valence-electron chi connectivity index (χ4n) is 6.28. The van der Waals surface area contributed by atoms with Crippen molar-refractivity contribution in [3.05, 3.63) is 95.1 Å². The molecule has 0 aliphatic carbocycles. The van der Waals surface area contributed by atoms with Crippen LogP contribution in [0.4, 0.5) is 0 Å². The Morgan fingerprint density at radius 2 is 1.51 bits per heavy atom. The number of benzene rings is 3. The third-order valence-electron chi connectivity index (χ3n) is 9.01. The number of rotatable bonds is 11. The summed E-state index contributed by atoms with van der Waals surface area (Å²) in [5.41, 5.74) is 5.93. The van der Waals surface area contributed by atoms with Crippen LogP contribution in [0.25, 0.3) is 11.1 Å². The van der Waals surface area contributed by atoms with E-state index in [1.807, 2.05) is 36.4 Å². The fraction of sp³-hybridized carbons (Fsp3) is 0.459. The molecule has 240 valence electrons. The lowest BCUT2D eigenvalue weighted by molar-refractivity contribution is -0.276. The van der Waals surface area contributed by atoms with E-state index in [-0.39, 0.29) is 43.5 Å². The molecule has 0 spiro atoms. The molecule has 8 heteroatoms. The highest BCUT2D eigenvalue weighted by Gasteiger charge is 2.39. The molecule has 2 aliphatic heterocycles. The van der Waals surface area contributed by atoms with Crippen LogP contribution in [0.5, 0.6) is 0 Å². The average molecular weight is 615 g/mol. The molecule has 0 radical (unpaired) electrons. The van der Waals surface area contributed by atoms with Gasteiger partial charge in [0.1, 0.15) is 0 Å². The van der Waals surface area contributed by atoms with E-state index in [0.29, 0.717) is 6.54 Å². The molecule has 3 N–H and O–H groups in total. The van der Waals surface area contributed by atoms with Gasteiger partial charge in [0, 0.05) is 31.0 Å². The van der Waals surface area contributed by atoms with Gasteiger partial charge >= 0.3 is 5.97 Å². The zero-order valence-corrected chi connectivity index (χ0v) is 26.2. The lowest BCUT2D eigenvalue weighted by Gasteiger charge is -2.43. The van der Waals surface area contributed by atoms with Crippen molar-refractivity contribution in [2.75, 3.05) is 19.6 Å². The van der Waals surface area contributed by atoms with Crippen molar-refractivity contribution >= 4 is 11.9 Å². The molecule has 2 heterocycles. The fourth-order valence-corrected chi connectivity index (χ4v) is 6.28. The van der Waals surface area contributed by atoms with Crippen molar-refractivity contribution in [1.29, 1.82) is 0 Å². The maximum Gasteiger partial charge on any atom is 0.303 e. The van der Waals surface area contributed by atoms with E-state index >= 15 is 0 Å². The van der Waals surface area contributed by atoms with E-state index < -0.39 is 12.3 Å². The van der Waals surface area contributed by atoms with Crippen LogP contribution < -0.4 is 5.32 Å². The first-order valence-corrected chi connectivity index (χ1v) is 16.3. The number of amides is 1. The number of hydrogen-bond donors (Lipinski definition) is 3. The van der Waals surface area contributed by atoms with Gasteiger partial charge in [-0.3, -0.25) is 9.59 Å². The third kappa shape index (κ3) is 9.23. The molecule has 45 heavy (non-hydrogen) atoms. The first-order chi connectivity index (χ1) is 21.9. The van der Waals surface area contributed by atoms with Gasteiger partial charge in [-0.1, -0.05) is 92.9 Å². The van der Waals surface area contributed by atoms with Crippen molar-refractivity contribution in [3.63, 3.8) is 0 Å². The van der Waals surface area contributed by atoms with E-state index in [1.54, 1.807) is 0 Å². The number of aliphatic hydroxyl groups excluding tert-OH is 1. The number of nitrogens with one attached hydrogen (secondary N) is 1. The lowest BCUT2D eigenvalue weighted by atomic mass is 9.89. The summed E-state index contributed by atoms with van der Waals surface area (Å²) in [6, 6.07) is 24.3. The second kappa shape index (κ2) is 16.1. The molecule has 0 unspecified atom stereocenters.